The van der Waals surface area contributed by atoms with E-state index >= 15 is 0 Å². The van der Waals surface area contributed by atoms with Gasteiger partial charge in [-0.2, -0.15) is 0 Å². The van der Waals surface area contributed by atoms with E-state index in [1.807, 2.05) is 10.9 Å². The molecule has 1 unspecified atom stereocenters. The smallest absolute Gasteiger partial charge is 0.0962 e. The molecule has 0 amide bonds. The minimum atomic E-state index is 0.313. The standard InChI is InChI=1S/C8H16N4O/c1-7(3-4-13-2)12-6-8(5-9)10-11-12/h6-7H,3-5,9H2,1-2H3. The molecular weight excluding hydrogens is 168 g/mol. The van der Waals surface area contributed by atoms with E-state index in [2.05, 4.69) is 17.2 Å². The predicted molar refractivity (Wildman–Crippen MR) is 49.1 cm³/mol. The summed E-state index contributed by atoms with van der Waals surface area (Å²) in [6, 6.07) is 0.313. The van der Waals surface area contributed by atoms with Crippen molar-refractivity contribution < 1.29 is 4.74 Å². The summed E-state index contributed by atoms with van der Waals surface area (Å²) in [5, 5.41) is 7.88. The van der Waals surface area contributed by atoms with E-state index in [0.29, 0.717) is 12.6 Å². The summed E-state index contributed by atoms with van der Waals surface area (Å²) < 4.78 is 6.80. The third-order valence-corrected chi connectivity index (χ3v) is 1.96. The largest absolute Gasteiger partial charge is 0.385 e. The molecule has 1 atom stereocenters. The molecule has 0 saturated heterocycles. The van der Waals surface area contributed by atoms with Gasteiger partial charge in [-0.1, -0.05) is 5.21 Å². The fourth-order valence-electron chi connectivity index (χ4n) is 1.04. The van der Waals surface area contributed by atoms with Gasteiger partial charge in [0.2, 0.25) is 0 Å². The molecule has 1 aromatic heterocycles. The van der Waals surface area contributed by atoms with Gasteiger partial charge in [0.15, 0.2) is 0 Å². The quantitative estimate of drug-likeness (QED) is 0.716. The molecule has 0 aromatic carbocycles. The lowest BCUT2D eigenvalue weighted by atomic mass is 10.2. The number of nitrogens with zero attached hydrogens (tertiary/aromatic N) is 3. The van der Waals surface area contributed by atoms with Gasteiger partial charge in [-0.3, -0.25) is 0 Å². The molecule has 0 aliphatic carbocycles. The van der Waals surface area contributed by atoms with Gasteiger partial charge in [-0.05, 0) is 13.3 Å². The first-order chi connectivity index (χ1) is 6.27. The first-order valence-corrected chi connectivity index (χ1v) is 4.37. The maximum Gasteiger partial charge on any atom is 0.0962 e. The molecule has 0 spiro atoms. The third kappa shape index (κ3) is 2.78. The first-order valence-electron chi connectivity index (χ1n) is 4.37. The molecule has 0 saturated carbocycles. The fraction of sp³-hybridized carbons (Fsp3) is 0.750. The van der Waals surface area contributed by atoms with Crippen LogP contribution in [0.15, 0.2) is 6.20 Å². The predicted octanol–water partition coefficient (Wildman–Crippen LogP) is 0.334. The van der Waals surface area contributed by atoms with E-state index < -0.39 is 0 Å². The second kappa shape index (κ2) is 4.94. The molecule has 1 heterocycles. The molecule has 0 aliphatic heterocycles. The van der Waals surface area contributed by atoms with Gasteiger partial charge < -0.3 is 10.5 Å². The van der Waals surface area contributed by atoms with Crippen LogP contribution >= 0.6 is 0 Å². The van der Waals surface area contributed by atoms with Crippen LogP contribution in [0.1, 0.15) is 25.1 Å². The Hall–Kier alpha value is -0.940. The Balaban J connectivity index is 2.50. The molecule has 0 fully saturated rings. The van der Waals surface area contributed by atoms with Crippen molar-refractivity contribution in [1.82, 2.24) is 15.0 Å². The summed E-state index contributed by atoms with van der Waals surface area (Å²) in [6.45, 7) is 3.25. The summed E-state index contributed by atoms with van der Waals surface area (Å²) in [6.07, 6.45) is 2.81. The molecule has 2 N–H and O–H groups in total. The SMILES string of the molecule is COCCC(C)n1cc(CN)nn1. The Morgan fingerprint density at radius 1 is 1.69 bits per heavy atom. The Bertz CT molecular complexity index is 248. The van der Waals surface area contributed by atoms with Gasteiger partial charge in [0.25, 0.3) is 0 Å². The summed E-state index contributed by atoms with van der Waals surface area (Å²) >= 11 is 0. The Morgan fingerprint density at radius 3 is 3.00 bits per heavy atom. The maximum absolute atomic E-state index is 5.42. The van der Waals surface area contributed by atoms with Crippen LogP contribution in [0.3, 0.4) is 0 Å². The van der Waals surface area contributed by atoms with Gasteiger partial charge in [0, 0.05) is 20.3 Å². The van der Waals surface area contributed by atoms with Gasteiger partial charge in [0.05, 0.1) is 17.9 Å². The zero-order valence-electron chi connectivity index (χ0n) is 8.10. The molecule has 5 heteroatoms. The lowest BCUT2D eigenvalue weighted by molar-refractivity contribution is 0.178. The zero-order chi connectivity index (χ0) is 9.68. The minimum Gasteiger partial charge on any atom is -0.385 e. The van der Waals surface area contributed by atoms with Crippen LogP contribution in [0.5, 0.6) is 0 Å². The second-order valence-corrected chi connectivity index (χ2v) is 3.02. The summed E-state index contributed by atoms with van der Waals surface area (Å²) in [7, 11) is 1.69. The molecule has 13 heavy (non-hydrogen) atoms. The molecule has 1 rings (SSSR count). The van der Waals surface area contributed by atoms with Crippen molar-refractivity contribution in [3.63, 3.8) is 0 Å². The number of rotatable bonds is 5. The van der Waals surface area contributed by atoms with Crippen LogP contribution < -0.4 is 5.73 Å². The van der Waals surface area contributed by atoms with Crippen LogP contribution in [0, 0.1) is 0 Å². The molecule has 74 valence electrons. The van der Waals surface area contributed by atoms with Crippen molar-refractivity contribution in [2.45, 2.75) is 25.9 Å². The average molecular weight is 184 g/mol. The summed E-state index contributed by atoms with van der Waals surface area (Å²) in [4.78, 5) is 0. The number of aromatic nitrogens is 3. The number of hydrogen-bond acceptors (Lipinski definition) is 4. The Labute approximate surface area is 77.9 Å². The molecule has 0 bridgehead atoms. The van der Waals surface area contributed by atoms with Crippen LogP contribution in [0.25, 0.3) is 0 Å². The van der Waals surface area contributed by atoms with Crippen molar-refractivity contribution in [3.8, 4) is 0 Å². The maximum atomic E-state index is 5.42. The number of methoxy groups -OCH3 is 1. The highest BCUT2D eigenvalue weighted by atomic mass is 16.5. The molecule has 1 aromatic rings. The van der Waals surface area contributed by atoms with Crippen LogP contribution in [0.2, 0.25) is 0 Å². The van der Waals surface area contributed by atoms with Crippen molar-refractivity contribution >= 4 is 0 Å². The highest BCUT2D eigenvalue weighted by Crippen LogP contribution is 2.08. The lowest BCUT2D eigenvalue weighted by Gasteiger charge is -2.09. The van der Waals surface area contributed by atoms with Crippen LogP contribution in [0.4, 0.5) is 0 Å². The van der Waals surface area contributed by atoms with Crippen molar-refractivity contribution in [3.05, 3.63) is 11.9 Å². The lowest BCUT2D eigenvalue weighted by Crippen LogP contribution is -2.08. The van der Waals surface area contributed by atoms with Crippen molar-refractivity contribution in [2.24, 2.45) is 5.73 Å². The molecule has 5 nitrogen and oxygen atoms in total. The zero-order valence-corrected chi connectivity index (χ0v) is 8.10. The van der Waals surface area contributed by atoms with Crippen molar-refractivity contribution in [1.29, 1.82) is 0 Å². The number of nitrogens with two attached hydrogens (primary N) is 1. The summed E-state index contributed by atoms with van der Waals surface area (Å²) in [5.74, 6) is 0. The van der Waals surface area contributed by atoms with Gasteiger partial charge in [-0.15, -0.1) is 5.10 Å². The molecule has 0 aliphatic rings. The number of ether oxygens (including phenoxy) is 1. The molecule has 0 radical (unpaired) electrons. The van der Waals surface area contributed by atoms with E-state index in [-0.39, 0.29) is 0 Å². The van der Waals surface area contributed by atoms with Crippen LogP contribution in [-0.2, 0) is 11.3 Å². The van der Waals surface area contributed by atoms with E-state index in [4.69, 9.17) is 10.5 Å². The monoisotopic (exact) mass is 184 g/mol. The average Bonchev–Trinajstić information content (AvgIpc) is 2.62. The van der Waals surface area contributed by atoms with E-state index in [0.717, 1.165) is 18.7 Å². The van der Waals surface area contributed by atoms with Gasteiger partial charge in [0.1, 0.15) is 0 Å². The van der Waals surface area contributed by atoms with Gasteiger partial charge in [-0.25, -0.2) is 4.68 Å². The van der Waals surface area contributed by atoms with Crippen molar-refractivity contribution in [2.75, 3.05) is 13.7 Å². The topological polar surface area (TPSA) is 66.0 Å². The van der Waals surface area contributed by atoms with E-state index in [9.17, 15) is 0 Å². The normalized spacial score (nSPS) is 13.2. The van der Waals surface area contributed by atoms with E-state index in [1.54, 1.807) is 7.11 Å². The Kier molecular flexibility index (Phi) is 3.85. The molecular formula is C8H16N4O. The number of hydrogen-bond donors (Lipinski definition) is 1. The first kappa shape index (κ1) is 10.1. The highest BCUT2D eigenvalue weighted by molar-refractivity contribution is 4.91. The fourth-order valence-corrected chi connectivity index (χ4v) is 1.04. The third-order valence-electron chi connectivity index (χ3n) is 1.96. The minimum absolute atomic E-state index is 0.313. The Morgan fingerprint density at radius 2 is 2.46 bits per heavy atom. The highest BCUT2D eigenvalue weighted by Gasteiger charge is 2.06. The second-order valence-electron chi connectivity index (χ2n) is 3.02. The summed E-state index contributed by atoms with van der Waals surface area (Å²) in [5.41, 5.74) is 6.25. The van der Waals surface area contributed by atoms with Gasteiger partial charge >= 0.3 is 0 Å². The van der Waals surface area contributed by atoms with Crippen LogP contribution in [-0.4, -0.2) is 28.7 Å². The van der Waals surface area contributed by atoms with E-state index in [1.165, 1.54) is 0 Å².